The second-order valence-corrected chi connectivity index (χ2v) is 7.53. The van der Waals surface area contributed by atoms with E-state index in [2.05, 4.69) is 63.3 Å². The largest absolute Gasteiger partial charge is 0.337 e. The summed E-state index contributed by atoms with van der Waals surface area (Å²) < 4.78 is 0. The Bertz CT molecular complexity index is 935. The third-order valence-electron chi connectivity index (χ3n) is 5.67. The molecule has 1 atom stereocenters. The van der Waals surface area contributed by atoms with E-state index in [1.807, 2.05) is 25.4 Å². The van der Waals surface area contributed by atoms with Crippen molar-refractivity contribution in [3.8, 4) is 0 Å². The molecule has 0 spiro atoms. The van der Waals surface area contributed by atoms with Crippen LogP contribution in [0.25, 0.3) is 10.8 Å². The number of benzene rings is 2. The summed E-state index contributed by atoms with van der Waals surface area (Å²) in [5, 5.41) is 2.45. The van der Waals surface area contributed by atoms with E-state index < -0.39 is 0 Å². The summed E-state index contributed by atoms with van der Waals surface area (Å²) in [4.78, 5) is 21.3. The maximum atomic E-state index is 12.5. The minimum absolute atomic E-state index is 0.222. The monoisotopic (exact) mass is 373 g/mol. The number of aromatic nitrogens is 1. The highest BCUT2D eigenvalue weighted by molar-refractivity contribution is 5.84. The van der Waals surface area contributed by atoms with Gasteiger partial charge in [-0.25, -0.2) is 0 Å². The standard InChI is InChI=1S/C24H27N3O/c1-2-24(28)27-14-13-26(18-22(27)15-19-7-4-3-5-8-19)17-21-10-6-9-20-16-25-12-11-23(20)21/h3-12,16,22H,2,13-15,17-18H2,1H3. The average Bonchev–Trinajstić information content (AvgIpc) is 2.74. The summed E-state index contributed by atoms with van der Waals surface area (Å²) >= 11 is 0. The molecule has 0 radical (unpaired) electrons. The minimum Gasteiger partial charge on any atom is -0.337 e. The fraction of sp³-hybridized carbons (Fsp3) is 0.333. The van der Waals surface area contributed by atoms with Crippen LogP contribution in [0, 0.1) is 0 Å². The molecule has 0 saturated carbocycles. The first-order valence-corrected chi connectivity index (χ1v) is 10.1. The molecule has 1 unspecified atom stereocenters. The van der Waals surface area contributed by atoms with E-state index >= 15 is 0 Å². The van der Waals surface area contributed by atoms with Gasteiger partial charge in [-0.05, 0) is 29.0 Å². The predicted molar refractivity (Wildman–Crippen MR) is 113 cm³/mol. The van der Waals surface area contributed by atoms with E-state index in [1.54, 1.807) is 0 Å². The van der Waals surface area contributed by atoms with Gasteiger partial charge in [-0.2, -0.15) is 0 Å². The number of amides is 1. The topological polar surface area (TPSA) is 36.4 Å². The van der Waals surface area contributed by atoms with Crippen LogP contribution in [0.2, 0.25) is 0 Å². The lowest BCUT2D eigenvalue weighted by Crippen LogP contribution is -2.55. The normalized spacial score (nSPS) is 17.8. The number of pyridine rings is 1. The summed E-state index contributed by atoms with van der Waals surface area (Å²) in [6.45, 7) is 5.48. The van der Waals surface area contributed by atoms with Crippen molar-refractivity contribution in [1.29, 1.82) is 0 Å². The zero-order chi connectivity index (χ0) is 19.3. The van der Waals surface area contributed by atoms with Crippen molar-refractivity contribution in [3.05, 3.63) is 78.1 Å². The number of nitrogens with zero attached hydrogens (tertiary/aromatic N) is 3. The predicted octanol–water partition coefficient (Wildman–Crippen LogP) is 3.90. The van der Waals surface area contributed by atoms with Crippen LogP contribution in [0.15, 0.2) is 67.0 Å². The van der Waals surface area contributed by atoms with Crippen LogP contribution in [-0.4, -0.2) is 46.4 Å². The number of hydrogen-bond donors (Lipinski definition) is 0. The Kier molecular flexibility index (Phi) is 5.68. The molecule has 1 aliphatic heterocycles. The second-order valence-electron chi connectivity index (χ2n) is 7.53. The lowest BCUT2D eigenvalue weighted by atomic mass is 10.0. The molecule has 1 aliphatic rings. The van der Waals surface area contributed by atoms with E-state index in [0.717, 1.165) is 32.6 Å². The molecular formula is C24H27N3O. The molecule has 4 heteroatoms. The maximum absolute atomic E-state index is 12.5. The van der Waals surface area contributed by atoms with E-state index in [9.17, 15) is 4.79 Å². The van der Waals surface area contributed by atoms with Crippen molar-refractivity contribution in [2.45, 2.75) is 32.4 Å². The quantitative estimate of drug-likeness (QED) is 0.681. The first-order valence-electron chi connectivity index (χ1n) is 10.1. The molecule has 3 aromatic rings. The Morgan fingerprint density at radius 3 is 2.75 bits per heavy atom. The van der Waals surface area contributed by atoms with Gasteiger partial charge in [-0.1, -0.05) is 55.5 Å². The second kappa shape index (κ2) is 8.53. The van der Waals surface area contributed by atoms with Crippen molar-refractivity contribution < 1.29 is 4.79 Å². The Morgan fingerprint density at radius 2 is 1.93 bits per heavy atom. The SMILES string of the molecule is CCC(=O)N1CCN(Cc2cccc3cnccc23)CC1Cc1ccccc1. The lowest BCUT2D eigenvalue weighted by molar-refractivity contribution is -0.135. The summed E-state index contributed by atoms with van der Waals surface area (Å²) in [6, 6.07) is 19.3. The van der Waals surface area contributed by atoms with Gasteiger partial charge in [0, 0.05) is 56.4 Å². The first-order chi connectivity index (χ1) is 13.7. The summed E-state index contributed by atoms with van der Waals surface area (Å²) in [6.07, 6.45) is 5.26. The van der Waals surface area contributed by atoms with Crippen molar-refractivity contribution >= 4 is 16.7 Å². The lowest BCUT2D eigenvalue weighted by Gasteiger charge is -2.42. The van der Waals surface area contributed by atoms with Gasteiger partial charge in [-0.15, -0.1) is 0 Å². The van der Waals surface area contributed by atoms with Gasteiger partial charge in [0.1, 0.15) is 0 Å². The molecule has 0 N–H and O–H groups in total. The van der Waals surface area contributed by atoms with Crippen molar-refractivity contribution in [2.24, 2.45) is 0 Å². The molecule has 1 aromatic heterocycles. The van der Waals surface area contributed by atoms with E-state index in [4.69, 9.17) is 0 Å². The number of piperazine rings is 1. The highest BCUT2D eigenvalue weighted by Gasteiger charge is 2.29. The van der Waals surface area contributed by atoms with Gasteiger partial charge in [0.15, 0.2) is 0 Å². The number of hydrogen-bond acceptors (Lipinski definition) is 3. The molecule has 0 bridgehead atoms. The fourth-order valence-corrected chi connectivity index (χ4v) is 4.22. The van der Waals surface area contributed by atoms with Gasteiger partial charge in [-0.3, -0.25) is 14.7 Å². The van der Waals surface area contributed by atoms with Crippen LogP contribution < -0.4 is 0 Å². The maximum Gasteiger partial charge on any atom is 0.222 e. The van der Waals surface area contributed by atoms with E-state index in [-0.39, 0.29) is 11.9 Å². The Morgan fingerprint density at radius 1 is 1.07 bits per heavy atom. The smallest absolute Gasteiger partial charge is 0.222 e. The summed E-state index contributed by atoms with van der Waals surface area (Å²) in [5.74, 6) is 0.261. The highest BCUT2D eigenvalue weighted by atomic mass is 16.2. The molecule has 1 saturated heterocycles. The van der Waals surface area contributed by atoms with Crippen LogP contribution in [0.3, 0.4) is 0 Å². The molecule has 2 heterocycles. The zero-order valence-corrected chi connectivity index (χ0v) is 16.4. The highest BCUT2D eigenvalue weighted by Crippen LogP contribution is 2.22. The third-order valence-corrected chi connectivity index (χ3v) is 5.67. The summed E-state index contributed by atoms with van der Waals surface area (Å²) in [7, 11) is 0. The number of carbonyl (C=O) groups excluding carboxylic acids is 1. The Hall–Kier alpha value is -2.72. The third kappa shape index (κ3) is 4.07. The van der Waals surface area contributed by atoms with Gasteiger partial charge in [0.25, 0.3) is 0 Å². The van der Waals surface area contributed by atoms with Crippen LogP contribution in [-0.2, 0) is 17.8 Å². The van der Waals surface area contributed by atoms with Crippen LogP contribution in [0.5, 0.6) is 0 Å². The van der Waals surface area contributed by atoms with Gasteiger partial charge in [0.2, 0.25) is 5.91 Å². The number of rotatable bonds is 5. The molecule has 0 aliphatic carbocycles. The average molecular weight is 374 g/mol. The molecule has 4 nitrogen and oxygen atoms in total. The van der Waals surface area contributed by atoms with Crippen LogP contribution in [0.1, 0.15) is 24.5 Å². The van der Waals surface area contributed by atoms with Crippen LogP contribution in [0.4, 0.5) is 0 Å². The van der Waals surface area contributed by atoms with E-state index in [1.165, 1.54) is 21.9 Å². The summed E-state index contributed by atoms with van der Waals surface area (Å²) in [5.41, 5.74) is 2.62. The molecule has 2 aromatic carbocycles. The molecule has 4 rings (SSSR count). The number of carbonyl (C=O) groups is 1. The van der Waals surface area contributed by atoms with Gasteiger partial charge in [0.05, 0.1) is 0 Å². The fourth-order valence-electron chi connectivity index (χ4n) is 4.22. The van der Waals surface area contributed by atoms with Crippen molar-refractivity contribution in [1.82, 2.24) is 14.8 Å². The Labute approximate surface area is 166 Å². The molecule has 144 valence electrons. The molecule has 28 heavy (non-hydrogen) atoms. The van der Waals surface area contributed by atoms with Crippen LogP contribution >= 0.6 is 0 Å². The molecular weight excluding hydrogens is 346 g/mol. The van der Waals surface area contributed by atoms with Crippen molar-refractivity contribution in [2.75, 3.05) is 19.6 Å². The zero-order valence-electron chi connectivity index (χ0n) is 16.4. The van der Waals surface area contributed by atoms with Gasteiger partial charge >= 0.3 is 0 Å². The molecule has 1 amide bonds. The Balaban J connectivity index is 1.53. The number of fused-ring (bicyclic) bond motifs is 1. The minimum atomic E-state index is 0.222. The molecule has 1 fully saturated rings. The first kappa shape index (κ1) is 18.6. The van der Waals surface area contributed by atoms with E-state index in [0.29, 0.717) is 6.42 Å². The van der Waals surface area contributed by atoms with Gasteiger partial charge < -0.3 is 4.90 Å². The van der Waals surface area contributed by atoms with Crippen molar-refractivity contribution in [3.63, 3.8) is 0 Å².